The Kier molecular flexibility index (Phi) is 6.10. The predicted molar refractivity (Wildman–Crippen MR) is 66.3 cm³/mol. The first-order valence-electron chi connectivity index (χ1n) is 5.71. The van der Waals surface area contributed by atoms with Crippen LogP contribution < -0.4 is 5.32 Å². The van der Waals surface area contributed by atoms with Crippen LogP contribution in [0.3, 0.4) is 0 Å². The zero-order valence-electron chi connectivity index (χ0n) is 9.79. The van der Waals surface area contributed by atoms with Crippen LogP contribution in [0.4, 0.5) is 0 Å². The van der Waals surface area contributed by atoms with E-state index in [1.54, 1.807) is 0 Å². The van der Waals surface area contributed by atoms with Crippen molar-refractivity contribution in [3.63, 3.8) is 0 Å². The van der Waals surface area contributed by atoms with Crippen molar-refractivity contribution in [3.05, 3.63) is 0 Å². The van der Waals surface area contributed by atoms with Crippen LogP contribution in [-0.4, -0.2) is 49.0 Å². The third-order valence-corrected chi connectivity index (χ3v) is 3.69. The summed E-state index contributed by atoms with van der Waals surface area (Å²) >= 11 is 1.81. The Bertz CT molecular complexity index is 193. The minimum absolute atomic E-state index is 0.316. The van der Waals surface area contributed by atoms with Gasteiger partial charge in [0.05, 0.1) is 0 Å². The molecule has 1 fully saturated rings. The number of piperidine rings is 1. The monoisotopic (exact) mass is 230 g/mol. The molecule has 0 spiro atoms. The van der Waals surface area contributed by atoms with Crippen molar-refractivity contribution in [2.45, 2.75) is 31.7 Å². The fourth-order valence-corrected chi connectivity index (χ4v) is 2.37. The van der Waals surface area contributed by atoms with E-state index in [0.717, 1.165) is 38.1 Å². The largest absolute Gasteiger partial charge is 0.343 e. The fourth-order valence-electron chi connectivity index (χ4n) is 1.94. The van der Waals surface area contributed by atoms with E-state index in [0.29, 0.717) is 18.4 Å². The number of nitrogens with zero attached hydrogens (tertiary/aromatic N) is 1. The number of thioether (sulfide) groups is 1. The summed E-state index contributed by atoms with van der Waals surface area (Å²) in [6.45, 7) is 2.10. The van der Waals surface area contributed by atoms with E-state index >= 15 is 0 Å². The van der Waals surface area contributed by atoms with Crippen LogP contribution in [0.1, 0.15) is 25.7 Å². The van der Waals surface area contributed by atoms with Gasteiger partial charge in [-0.25, -0.2) is 0 Å². The van der Waals surface area contributed by atoms with Crippen molar-refractivity contribution in [2.75, 3.05) is 32.1 Å². The summed E-state index contributed by atoms with van der Waals surface area (Å²) in [6, 6.07) is 0.466. The van der Waals surface area contributed by atoms with Crippen molar-refractivity contribution in [2.24, 2.45) is 0 Å². The first kappa shape index (κ1) is 12.8. The number of nitrogens with one attached hydrogen (secondary N) is 1. The smallest absolute Gasteiger partial charge is 0.222 e. The lowest BCUT2D eigenvalue weighted by molar-refractivity contribution is -0.132. The van der Waals surface area contributed by atoms with Crippen LogP contribution in [0, 0.1) is 0 Å². The maximum absolute atomic E-state index is 11.8. The molecule has 0 aromatic carbocycles. The molecule has 1 aliphatic rings. The summed E-state index contributed by atoms with van der Waals surface area (Å²) in [7, 11) is 1.96. The van der Waals surface area contributed by atoms with E-state index in [2.05, 4.69) is 11.6 Å². The van der Waals surface area contributed by atoms with E-state index < -0.39 is 0 Å². The third kappa shape index (κ3) is 4.43. The van der Waals surface area contributed by atoms with Gasteiger partial charge in [0.2, 0.25) is 5.91 Å². The first-order valence-corrected chi connectivity index (χ1v) is 7.10. The van der Waals surface area contributed by atoms with Crippen LogP contribution in [0.25, 0.3) is 0 Å². The van der Waals surface area contributed by atoms with E-state index in [1.165, 1.54) is 0 Å². The number of hydrogen-bond donors (Lipinski definition) is 1. The molecule has 0 bridgehead atoms. The standard InChI is InChI=1S/C11H22N2OS/c1-13(10-5-7-12-8-6-10)11(14)4-3-9-15-2/h10,12H,3-9H2,1-2H3. The molecule has 1 aliphatic heterocycles. The second kappa shape index (κ2) is 7.12. The van der Waals surface area contributed by atoms with Crippen LogP contribution in [0.2, 0.25) is 0 Å². The van der Waals surface area contributed by atoms with Crippen molar-refractivity contribution < 1.29 is 4.79 Å². The lowest BCUT2D eigenvalue weighted by atomic mass is 10.0. The molecular formula is C11H22N2OS. The molecule has 0 radical (unpaired) electrons. The minimum Gasteiger partial charge on any atom is -0.343 e. The number of amides is 1. The lowest BCUT2D eigenvalue weighted by Gasteiger charge is -2.31. The summed E-state index contributed by atoms with van der Waals surface area (Å²) in [5.41, 5.74) is 0. The van der Waals surface area contributed by atoms with Gasteiger partial charge < -0.3 is 10.2 Å². The molecule has 0 saturated carbocycles. The second-order valence-electron chi connectivity index (χ2n) is 4.08. The highest BCUT2D eigenvalue weighted by Crippen LogP contribution is 2.12. The molecule has 1 rings (SSSR count). The zero-order valence-corrected chi connectivity index (χ0v) is 10.6. The Labute approximate surface area is 97.0 Å². The van der Waals surface area contributed by atoms with Gasteiger partial charge in [0, 0.05) is 19.5 Å². The molecule has 3 nitrogen and oxygen atoms in total. The highest BCUT2D eigenvalue weighted by Gasteiger charge is 2.20. The molecule has 0 aliphatic carbocycles. The Morgan fingerprint density at radius 2 is 2.13 bits per heavy atom. The highest BCUT2D eigenvalue weighted by atomic mass is 32.2. The summed E-state index contributed by atoms with van der Waals surface area (Å²) in [5.74, 6) is 1.40. The SMILES string of the molecule is CSCCCC(=O)N(C)C1CCNCC1. The quantitative estimate of drug-likeness (QED) is 0.723. The number of carbonyl (C=O) groups excluding carboxylic acids is 1. The maximum Gasteiger partial charge on any atom is 0.222 e. The Hall–Kier alpha value is -0.220. The molecule has 15 heavy (non-hydrogen) atoms. The van der Waals surface area contributed by atoms with Gasteiger partial charge in [0.1, 0.15) is 0 Å². The Morgan fingerprint density at radius 3 is 2.73 bits per heavy atom. The van der Waals surface area contributed by atoms with Crippen molar-refractivity contribution in [1.29, 1.82) is 0 Å². The van der Waals surface area contributed by atoms with Gasteiger partial charge in [0.15, 0.2) is 0 Å². The van der Waals surface area contributed by atoms with Gasteiger partial charge >= 0.3 is 0 Å². The van der Waals surface area contributed by atoms with Crippen molar-refractivity contribution in [1.82, 2.24) is 10.2 Å². The highest BCUT2D eigenvalue weighted by molar-refractivity contribution is 7.98. The molecule has 4 heteroatoms. The minimum atomic E-state index is 0.316. The molecule has 1 N–H and O–H groups in total. The van der Waals surface area contributed by atoms with Gasteiger partial charge in [-0.1, -0.05) is 0 Å². The average molecular weight is 230 g/mol. The summed E-state index contributed by atoms with van der Waals surface area (Å²) in [5, 5.41) is 3.32. The van der Waals surface area contributed by atoms with Crippen LogP contribution in [-0.2, 0) is 4.79 Å². The van der Waals surface area contributed by atoms with Gasteiger partial charge in [-0.3, -0.25) is 4.79 Å². The van der Waals surface area contributed by atoms with Gasteiger partial charge in [-0.15, -0.1) is 0 Å². The van der Waals surface area contributed by atoms with E-state index in [9.17, 15) is 4.79 Å². The molecule has 1 amide bonds. The molecular weight excluding hydrogens is 208 g/mol. The molecule has 0 aromatic heterocycles. The Balaban J connectivity index is 2.24. The van der Waals surface area contributed by atoms with Gasteiger partial charge in [0.25, 0.3) is 0 Å². The molecule has 0 atom stereocenters. The molecule has 1 heterocycles. The predicted octanol–water partition coefficient (Wildman–Crippen LogP) is 1.34. The van der Waals surface area contributed by atoms with E-state index in [4.69, 9.17) is 0 Å². The van der Waals surface area contributed by atoms with E-state index in [-0.39, 0.29) is 0 Å². The lowest BCUT2D eigenvalue weighted by Crippen LogP contribution is -2.43. The normalized spacial score (nSPS) is 17.7. The summed E-state index contributed by atoms with van der Waals surface area (Å²) in [4.78, 5) is 13.8. The van der Waals surface area contributed by atoms with E-state index in [1.807, 2.05) is 23.7 Å². The van der Waals surface area contributed by atoms with Crippen LogP contribution >= 0.6 is 11.8 Å². The molecule has 88 valence electrons. The molecule has 0 unspecified atom stereocenters. The fraction of sp³-hybridized carbons (Fsp3) is 0.909. The summed E-state index contributed by atoms with van der Waals surface area (Å²) < 4.78 is 0. The summed E-state index contributed by atoms with van der Waals surface area (Å²) in [6.07, 6.45) is 6.01. The van der Waals surface area contributed by atoms with Gasteiger partial charge in [-0.2, -0.15) is 11.8 Å². The number of carbonyl (C=O) groups is 1. The van der Waals surface area contributed by atoms with Crippen molar-refractivity contribution in [3.8, 4) is 0 Å². The van der Waals surface area contributed by atoms with Crippen molar-refractivity contribution >= 4 is 17.7 Å². The zero-order chi connectivity index (χ0) is 11.1. The third-order valence-electron chi connectivity index (χ3n) is 2.99. The molecule has 0 aromatic rings. The first-order chi connectivity index (χ1) is 7.25. The number of rotatable bonds is 5. The van der Waals surface area contributed by atoms with Crippen LogP contribution in [0.15, 0.2) is 0 Å². The average Bonchev–Trinajstić information content (AvgIpc) is 2.29. The Morgan fingerprint density at radius 1 is 1.47 bits per heavy atom. The maximum atomic E-state index is 11.8. The van der Waals surface area contributed by atoms with Gasteiger partial charge in [-0.05, 0) is 44.4 Å². The number of hydrogen-bond acceptors (Lipinski definition) is 3. The second-order valence-corrected chi connectivity index (χ2v) is 5.07. The van der Waals surface area contributed by atoms with Crippen LogP contribution in [0.5, 0.6) is 0 Å². The topological polar surface area (TPSA) is 32.3 Å². The molecule has 1 saturated heterocycles.